The first-order valence-corrected chi connectivity index (χ1v) is 9.40. The molecule has 0 aromatic carbocycles. The second kappa shape index (κ2) is 6.83. The zero-order chi connectivity index (χ0) is 18.3. The van der Waals surface area contributed by atoms with Gasteiger partial charge in [0.15, 0.2) is 0 Å². The molecule has 2 N–H and O–H groups in total. The minimum Gasteiger partial charge on any atom is -0.342 e. The molecule has 2 fully saturated rings. The number of rotatable bonds is 2. The third-order valence-corrected chi connectivity index (χ3v) is 5.69. The van der Waals surface area contributed by atoms with Crippen molar-refractivity contribution in [2.45, 2.75) is 39.3 Å². The molecule has 0 saturated carbocycles. The van der Waals surface area contributed by atoms with E-state index in [1.807, 2.05) is 4.90 Å². The summed E-state index contributed by atoms with van der Waals surface area (Å²) in [5.41, 5.74) is 1.11. The Morgan fingerprint density at radius 2 is 1.69 bits per heavy atom. The highest BCUT2D eigenvalue weighted by Crippen LogP contribution is 2.26. The van der Waals surface area contributed by atoms with Crippen LogP contribution in [0.3, 0.4) is 0 Å². The van der Waals surface area contributed by atoms with Gasteiger partial charge in [-0.3, -0.25) is 14.4 Å². The molecule has 2 saturated heterocycles. The SMILES string of the molecule is Cc1nc2c(c(=O)[nH]1)CN(C(=O)[C@@H]1CNC[C@H](C(=O)N3CCCC3)C1)C2. The summed E-state index contributed by atoms with van der Waals surface area (Å²) in [5, 5.41) is 3.26. The Morgan fingerprint density at radius 1 is 1.04 bits per heavy atom. The molecule has 2 amide bonds. The maximum Gasteiger partial charge on any atom is 0.256 e. The minimum atomic E-state index is -0.227. The van der Waals surface area contributed by atoms with Crippen molar-refractivity contribution >= 4 is 11.8 Å². The Bertz CT molecular complexity index is 784. The van der Waals surface area contributed by atoms with E-state index < -0.39 is 0 Å². The van der Waals surface area contributed by atoms with Gasteiger partial charge in [-0.05, 0) is 26.2 Å². The number of piperidine rings is 1. The van der Waals surface area contributed by atoms with Crippen molar-refractivity contribution < 1.29 is 9.59 Å². The van der Waals surface area contributed by atoms with E-state index >= 15 is 0 Å². The second-order valence-electron chi connectivity index (χ2n) is 7.59. The molecule has 4 rings (SSSR count). The Hall–Kier alpha value is -2.22. The molecule has 1 aromatic rings. The minimum absolute atomic E-state index is 0.00600. The van der Waals surface area contributed by atoms with E-state index in [9.17, 15) is 14.4 Å². The lowest BCUT2D eigenvalue weighted by Gasteiger charge is -2.32. The smallest absolute Gasteiger partial charge is 0.256 e. The number of fused-ring (bicyclic) bond motifs is 1. The standard InChI is InChI=1S/C18H25N5O3/c1-11-20-15-10-23(9-14(15)16(24)21-11)18(26)13-6-12(7-19-8-13)17(25)22-4-2-3-5-22/h12-13,19H,2-10H2,1H3,(H,20,21,24)/t12-,13+/m1/s1. The molecule has 26 heavy (non-hydrogen) atoms. The highest BCUT2D eigenvalue weighted by Gasteiger charge is 2.37. The third kappa shape index (κ3) is 3.13. The average molecular weight is 359 g/mol. The van der Waals surface area contributed by atoms with Gasteiger partial charge in [0.2, 0.25) is 11.8 Å². The van der Waals surface area contributed by atoms with Crippen LogP contribution in [0, 0.1) is 18.8 Å². The number of carbonyl (C=O) groups is 2. The molecule has 8 nitrogen and oxygen atoms in total. The summed E-state index contributed by atoms with van der Waals surface area (Å²) in [7, 11) is 0. The second-order valence-corrected chi connectivity index (χ2v) is 7.59. The van der Waals surface area contributed by atoms with Crippen LogP contribution in [0.15, 0.2) is 4.79 Å². The summed E-state index contributed by atoms with van der Waals surface area (Å²) in [4.78, 5) is 48.4. The van der Waals surface area contributed by atoms with Crippen LogP contribution in [0.4, 0.5) is 0 Å². The van der Waals surface area contributed by atoms with E-state index in [0.29, 0.717) is 49.7 Å². The van der Waals surface area contributed by atoms with Gasteiger partial charge in [0.05, 0.1) is 36.2 Å². The van der Waals surface area contributed by atoms with Gasteiger partial charge in [-0.1, -0.05) is 0 Å². The Labute approximate surface area is 152 Å². The maximum absolute atomic E-state index is 13.0. The molecule has 3 aliphatic rings. The lowest BCUT2D eigenvalue weighted by Crippen LogP contribution is -2.49. The molecule has 0 radical (unpaired) electrons. The van der Waals surface area contributed by atoms with Crippen LogP contribution >= 0.6 is 0 Å². The van der Waals surface area contributed by atoms with Gasteiger partial charge in [0.1, 0.15) is 5.82 Å². The fraction of sp³-hybridized carbons (Fsp3) is 0.667. The van der Waals surface area contributed by atoms with Gasteiger partial charge >= 0.3 is 0 Å². The van der Waals surface area contributed by atoms with Crippen molar-refractivity contribution in [3.8, 4) is 0 Å². The number of hydrogen-bond donors (Lipinski definition) is 2. The number of hydrogen-bond acceptors (Lipinski definition) is 5. The van der Waals surface area contributed by atoms with Crippen LogP contribution in [0.1, 0.15) is 36.3 Å². The first-order chi connectivity index (χ1) is 12.5. The number of likely N-dealkylation sites (tertiary alicyclic amines) is 1. The van der Waals surface area contributed by atoms with Crippen LogP contribution in [0.5, 0.6) is 0 Å². The molecule has 0 spiro atoms. The number of aromatic amines is 1. The fourth-order valence-electron chi connectivity index (χ4n) is 4.32. The van der Waals surface area contributed by atoms with Crippen molar-refractivity contribution in [1.82, 2.24) is 25.1 Å². The van der Waals surface area contributed by atoms with Gasteiger partial charge in [0.25, 0.3) is 5.56 Å². The van der Waals surface area contributed by atoms with Gasteiger partial charge < -0.3 is 20.1 Å². The van der Waals surface area contributed by atoms with E-state index in [4.69, 9.17) is 0 Å². The lowest BCUT2D eigenvalue weighted by atomic mass is 9.88. The molecule has 8 heteroatoms. The van der Waals surface area contributed by atoms with Crippen molar-refractivity contribution in [3.05, 3.63) is 27.4 Å². The Kier molecular flexibility index (Phi) is 4.52. The van der Waals surface area contributed by atoms with Crippen molar-refractivity contribution in [2.24, 2.45) is 11.8 Å². The highest BCUT2D eigenvalue weighted by molar-refractivity contribution is 5.83. The number of amides is 2. The summed E-state index contributed by atoms with van der Waals surface area (Å²) in [6, 6.07) is 0. The van der Waals surface area contributed by atoms with Crippen LogP contribution in [0.25, 0.3) is 0 Å². The summed E-state index contributed by atoms with van der Waals surface area (Å²) in [6.45, 7) is 5.31. The molecular formula is C18H25N5O3. The molecule has 2 atom stereocenters. The Balaban J connectivity index is 1.43. The van der Waals surface area contributed by atoms with Crippen molar-refractivity contribution in [2.75, 3.05) is 26.2 Å². The largest absolute Gasteiger partial charge is 0.342 e. The van der Waals surface area contributed by atoms with Gasteiger partial charge in [-0.25, -0.2) is 4.98 Å². The monoisotopic (exact) mass is 359 g/mol. The number of aryl methyl sites for hydroxylation is 1. The topological polar surface area (TPSA) is 98.4 Å². The number of aromatic nitrogens is 2. The van der Waals surface area contributed by atoms with Gasteiger partial charge in [-0.15, -0.1) is 0 Å². The van der Waals surface area contributed by atoms with Gasteiger partial charge in [-0.2, -0.15) is 0 Å². The normalized spacial score (nSPS) is 25.4. The van der Waals surface area contributed by atoms with E-state index in [0.717, 1.165) is 25.9 Å². The molecule has 4 heterocycles. The molecule has 1 aromatic heterocycles. The van der Waals surface area contributed by atoms with Crippen LogP contribution in [0.2, 0.25) is 0 Å². The molecular weight excluding hydrogens is 334 g/mol. The fourth-order valence-corrected chi connectivity index (χ4v) is 4.32. The van der Waals surface area contributed by atoms with Crippen LogP contribution < -0.4 is 10.9 Å². The van der Waals surface area contributed by atoms with E-state index in [1.54, 1.807) is 11.8 Å². The summed E-state index contributed by atoms with van der Waals surface area (Å²) in [5.74, 6) is 0.385. The Morgan fingerprint density at radius 3 is 2.38 bits per heavy atom. The zero-order valence-corrected chi connectivity index (χ0v) is 15.1. The van der Waals surface area contributed by atoms with E-state index in [1.165, 1.54) is 0 Å². The lowest BCUT2D eigenvalue weighted by molar-refractivity contribution is -0.140. The number of nitrogens with one attached hydrogen (secondary N) is 2. The molecule has 0 aliphatic carbocycles. The van der Waals surface area contributed by atoms with Crippen LogP contribution in [-0.2, 0) is 22.7 Å². The van der Waals surface area contributed by atoms with E-state index in [-0.39, 0.29) is 29.2 Å². The molecule has 0 bridgehead atoms. The van der Waals surface area contributed by atoms with Crippen molar-refractivity contribution in [1.29, 1.82) is 0 Å². The first-order valence-electron chi connectivity index (χ1n) is 9.40. The number of carbonyl (C=O) groups excluding carboxylic acids is 2. The average Bonchev–Trinajstić information content (AvgIpc) is 3.30. The summed E-state index contributed by atoms with van der Waals surface area (Å²) >= 11 is 0. The predicted octanol–water partition coefficient (Wildman–Crippen LogP) is -0.231. The third-order valence-electron chi connectivity index (χ3n) is 5.69. The molecule has 140 valence electrons. The molecule has 3 aliphatic heterocycles. The van der Waals surface area contributed by atoms with Crippen LogP contribution in [-0.4, -0.2) is 57.8 Å². The zero-order valence-electron chi connectivity index (χ0n) is 15.1. The summed E-state index contributed by atoms with van der Waals surface area (Å²) < 4.78 is 0. The molecule has 0 unspecified atom stereocenters. The number of nitrogens with zero attached hydrogens (tertiary/aromatic N) is 3. The first kappa shape index (κ1) is 17.2. The predicted molar refractivity (Wildman–Crippen MR) is 94.1 cm³/mol. The van der Waals surface area contributed by atoms with Gasteiger partial charge in [0, 0.05) is 26.2 Å². The highest BCUT2D eigenvalue weighted by atomic mass is 16.2. The quantitative estimate of drug-likeness (QED) is 0.760. The number of H-pyrrole nitrogens is 1. The summed E-state index contributed by atoms with van der Waals surface area (Å²) in [6.07, 6.45) is 2.72. The maximum atomic E-state index is 13.0. The van der Waals surface area contributed by atoms with E-state index in [2.05, 4.69) is 15.3 Å². The van der Waals surface area contributed by atoms with Crippen molar-refractivity contribution in [3.63, 3.8) is 0 Å².